The van der Waals surface area contributed by atoms with Crippen LogP contribution in [0.3, 0.4) is 0 Å². The molecule has 1 unspecified atom stereocenters. The van der Waals surface area contributed by atoms with E-state index in [1.54, 1.807) is 0 Å². The minimum atomic E-state index is 0.771. The molecule has 1 N–H and O–H groups in total. The maximum Gasteiger partial charge on any atom is 0.00414 e. The third-order valence-electron chi connectivity index (χ3n) is 3.61. The Morgan fingerprint density at radius 3 is 2.38 bits per heavy atom. The van der Waals surface area contributed by atoms with Gasteiger partial charge >= 0.3 is 0 Å². The summed E-state index contributed by atoms with van der Waals surface area (Å²) < 4.78 is 0. The van der Waals surface area contributed by atoms with E-state index >= 15 is 0 Å². The molecule has 1 heteroatoms. The summed E-state index contributed by atoms with van der Waals surface area (Å²) in [6, 6.07) is 0.771. The van der Waals surface area contributed by atoms with Crippen molar-refractivity contribution in [3.8, 4) is 0 Å². The van der Waals surface area contributed by atoms with Gasteiger partial charge in [0.2, 0.25) is 0 Å². The van der Waals surface area contributed by atoms with Crippen molar-refractivity contribution in [2.75, 3.05) is 6.54 Å². The second-order valence-corrected chi connectivity index (χ2v) is 5.14. The van der Waals surface area contributed by atoms with Crippen molar-refractivity contribution in [2.24, 2.45) is 11.8 Å². The number of hydrogen-bond acceptors (Lipinski definition) is 1. The van der Waals surface area contributed by atoms with Crippen LogP contribution in [0.1, 0.15) is 51.9 Å². The fourth-order valence-electron chi connectivity index (χ4n) is 2.52. The summed E-state index contributed by atoms with van der Waals surface area (Å²) in [5.74, 6) is 2.08. The normalized spacial score (nSPS) is 26.5. The summed E-state index contributed by atoms with van der Waals surface area (Å²) in [5.41, 5.74) is 0. The van der Waals surface area contributed by atoms with Crippen LogP contribution in [0.2, 0.25) is 0 Å². The average molecular weight is 181 g/mol. The van der Waals surface area contributed by atoms with Gasteiger partial charge < -0.3 is 5.32 Å². The van der Waals surface area contributed by atoms with Gasteiger partial charge in [-0.3, -0.25) is 0 Å². The summed E-state index contributed by atoms with van der Waals surface area (Å²) in [4.78, 5) is 0. The molecular weight excluding hydrogens is 158 g/mol. The van der Waals surface area contributed by atoms with E-state index in [0.29, 0.717) is 0 Å². The molecule has 0 radical (unpaired) electrons. The monoisotopic (exact) mass is 181 g/mol. The topological polar surface area (TPSA) is 12.0 Å². The Hall–Kier alpha value is -0.0400. The van der Waals surface area contributed by atoms with E-state index in [1.807, 2.05) is 0 Å². The zero-order valence-corrected chi connectivity index (χ0v) is 8.89. The van der Waals surface area contributed by atoms with Crippen molar-refractivity contribution in [3.05, 3.63) is 0 Å². The lowest BCUT2D eigenvalue weighted by atomic mass is 10.1. The molecule has 0 amide bonds. The smallest absolute Gasteiger partial charge is 0.00414 e. The minimum Gasteiger partial charge on any atom is -0.314 e. The van der Waals surface area contributed by atoms with Crippen molar-refractivity contribution >= 4 is 0 Å². The summed E-state index contributed by atoms with van der Waals surface area (Å²) >= 11 is 0. The predicted molar refractivity (Wildman–Crippen MR) is 56.8 cm³/mol. The van der Waals surface area contributed by atoms with Gasteiger partial charge in [-0.05, 0) is 44.6 Å². The first kappa shape index (κ1) is 9.51. The van der Waals surface area contributed by atoms with E-state index in [2.05, 4.69) is 12.2 Å². The van der Waals surface area contributed by atoms with E-state index in [9.17, 15) is 0 Å². The standard InChI is InChI=1S/C12H23N/c1-10(8-11-6-7-11)13-9-12-4-2-3-5-12/h10-13H,2-9H2,1H3. The van der Waals surface area contributed by atoms with Gasteiger partial charge in [-0.1, -0.05) is 25.7 Å². The fourth-order valence-corrected chi connectivity index (χ4v) is 2.52. The molecule has 0 aliphatic heterocycles. The van der Waals surface area contributed by atoms with Crippen LogP contribution in [-0.4, -0.2) is 12.6 Å². The van der Waals surface area contributed by atoms with Crippen LogP contribution in [0.25, 0.3) is 0 Å². The molecule has 2 fully saturated rings. The first-order valence-corrected chi connectivity index (χ1v) is 6.08. The summed E-state index contributed by atoms with van der Waals surface area (Å²) in [7, 11) is 0. The SMILES string of the molecule is CC(CC1CC1)NCC1CCCC1. The largest absolute Gasteiger partial charge is 0.314 e. The third kappa shape index (κ3) is 3.30. The average Bonchev–Trinajstić information content (AvgIpc) is 2.78. The number of nitrogens with one attached hydrogen (secondary N) is 1. The Labute approximate surface area is 82.3 Å². The van der Waals surface area contributed by atoms with Crippen LogP contribution in [0.5, 0.6) is 0 Å². The van der Waals surface area contributed by atoms with Crippen LogP contribution in [-0.2, 0) is 0 Å². The molecule has 0 saturated heterocycles. The molecule has 13 heavy (non-hydrogen) atoms. The highest BCUT2D eigenvalue weighted by molar-refractivity contribution is 4.79. The van der Waals surface area contributed by atoms with E-state index in [1.165, 1.54) is 51.5 Å². The van der Waals surface area contributed by atoms with Crippen molar-refractivity contribution in [2.45, 2.75) is 57.9 Å². The Bertz CT molecular complexity index is 145. The maximum absolute atomic E-state index is 3.70. The first-order valence-electron chi connectivity index (χ1n) is 6.08. The van der Waals surface area contributed by atoms with Gasteiger partial charge in [0, 0.05) is 6.04 Å². The Balaban J connectivity index is 1.54. The predicted octanol–water partition coefficient (Wildman–Crippen LogP) is 2.95. The fraction of sp³-hybridized carbons (Fsp3) is 1.00. The summed E-state index contributed by atoms with van der Waals surface area (Å²) in [6.07, 6.45) is 10.3. The second kappa shape index (κ2) is 4.45. The Morgan fingerprint density at radius 2 is 1.77 bits per heavy atom. The highest BCUT2D eigenvalue weighted by Gasteiger charge is 2.23. The molecular formula is C12H23N. The van der Waals surface area contributed by atoms with E-state index in [0.717, 1.165) is 17.9 Å². The molecule has 0 bridgehead atoms. The van der Waals surface area contributed by atoms with E-state index in [-0.39, 0.29) is 0 Å². The van der Waals surface area contributed by atoms with Gasteiger partial charge in [0.05, 0.1) is 0 Å². The quantitative estimate of drug-likeness (QED) is 0.687. The maximum atomic E-state index is 3.70. The van der Waals surface area contributed by atoms with Crippen LogP contribution in [0.15, 0.2) is 0 Å². The van der Waals surface area contributed by atoms with Gasteiger partial charge in [0.1, 0.15) is 0 Å². The van der Waals surface area contributed by atoms with E-state index in [4.69, 9.17) is 0 Å². The van der Waals surface area contributed by atoms with Crippen molar-refractivity contribution in [3.63, 3.8) is 0 Å². The van der Waals surface area contributed by atoms with Crippen LogP contribution in [0, 0.1) is 11.8 Å². The van der Waals surface area contributed by atoms with Gasteiger partial charge in [-0.15, -0.1) is 0 Å². The van der Waals surface area contributed by atoms with Crippen molar-refractivity contribution in [1.29, 1.82) is 0 Å². The van der Waals surface area contributed by atoms with E-state index < -0.39 is 0 Å². The molecule has 2 rings (SSSR count). The molecule has 2 aliphatic rings. The summed E-state index contributed by atoms with van der Waals surface area (Å²) in [5, 5.41) is 3.70. The highest BCUT2D eigenvalue weighted by atomic mass is 14.9. The van der Waals surface area contributed by atoms with Gasteiger partial charge in [0.25, 0.3) is 0 Å². The van der Waals surface area contributed by atoms with Gasteiger partial charge in [-0.25, -0.2) is 0 Å². The minimum absolute atomic E-state index is 0.771. The zero-order valence-electron chi connectivity index (χ0n) is 8.89. The van der Waals surface area contributed by atoms with Crippen LogP contribution < -0.4 is 5.32 Å². The lowest BCUT2D eigenvalue weighted by molar-refractivity contribution is 0.420. The van der Waals surface area contributed by atoms with Crippen LogP contribution in [0.4, 0.5) is 0 Å². The molecule has 0 heterocycles. The Kier molecular flexibility index (Phi) is 3.26. The molecule has 0 spiro atoms. The Morgan fingerprint density at radius 1 is 1.08 bits per heavy atom. The zero-order chi connectivity index (χ0) is 9.10. The molecule has 2 aliphatic carbocycles. The first-order chi connectivity index (χ1) is 6.34. The molecule has 1 atom stereocenters. The summed E-state index contributed by atoms with van der Waals surface area (Å²) in [6.45, 7) is 3.64. The van der Waals surface area contributed by atoms with Crippen molar-refractivity contribution < 1.29 is 0 Å². The van der Waals surface area contributed by atoms with Crippen LogP contribution >= 0.6 is 0 Å². The molecule has 0 aromatic heterocycles. The van der Waals surface area contributed by atoms with Gasteiger partial charge in [-0.2, -0.15) is 0 Å². The molecule has 2 saturated carbocycles. The molecule has 1 nitrogen and oxygen atoms in total. The van der Waals surface area contributed by atoms with Crippen molar-refractivity contribution in [1.82, 2.24) is 5.32 Å². The third-order valence-corrected chi connectivity index (χ3v) is 3.61. The molecule has 0 aromatic rings. The van der Waals surface area contributed by atoms with Gasteiger partial charge in [0.15, 0.2) is 0 Å². The number of hydrogen-bond donors (Lipinski definition) is 1. The second-order valence-electron chi connectivity index (χ2n) is 5.14. The highest BCUT2D eigenvalue weighted by Crippen LogP contribution is 2.33. The molecule has 0 aromatic carbocycles. The number of rotatable bonds is 5. The molecule has 76 valence electrons. The lowest BCUT2D eigenvalue weighted by Crippen LogP contribution is -2.30. The lowest BCUT2D eigenvalue weighted by Gasteiger charge is -2.16.